The molecule has 31 heavy (non-hydrogen) atoms. The van der Waals surface area contributed by atoms with Gasteiger partial charge in [0.15, 0.2) is 16.3 Å². The molecule has 6 heteroatoms. The third kappa shape index (κ3) is 4.09. The number of ether oxygens (including phenoxy) is 2. The highest BCUT2D eigenvalue weighted by molar-refractivity contribution is 7.16. The average molecular weight is 429 g/mol. The summed E-state index contributed by atoms with van der Waals surface area (Å²) in [5, 5.41) is 0. The predicted molar refractivity (Wildman–Crippen MR) is 124 cm³/mol. The van der Waals surface area contributed by atoms with Gasteiger partial charge in [0.2, 0.25) is 0 Å². The standard InChI is InChI=1S/C25H20N2O3S/c1-4-14-27-20-15-21(29-2)22(30-3)16-23(20)31-25(27)26-24(28)19-12-10-18(11-13-19)17-8-6-5-7-9-17/h1,5-13,15-16H,14H2,2-3H3. The SMILES string of the molecule is C#CCn1c(=NC(=O)c2ccc(-c3ccccc3)cc2)sc2cc(OC)c(OC)cc21. The van der Waals surface area contributed by atoms with Crippen LogP contribution in [0.1, 0.15) is 10.4 Å². The molecule has 1 amide bonds. The Bertz CT molecular complexity index is 1340. The minimum absolute atomic E-state index is 0.286. The summed E-state index contributed by atoms with van der Waals surface area (Å²) in [4.78, 5) is 17.8. The fourth-order valence-corrected chi connectivity index (χ4v) is 4.35. The van der Waals surface area contributed by atoms with Crippen LogP contribution in [0.25, 0.3) is 21.3 Å². The first-order valence-corrected chi connectivity index (χ1v) is 10.4. The Hall–Kier alpha value is -3.82. The molecule has 5 nitrogen and oxygen atoms in total. The van der Waals surface area contributed by atoms with Gasteiger partial charge in [0.1, 0.15) is 0 Å². The van der Waals surface area contributed by atoms with Gasteiger partial charge in [-0.25, -0.2) is 0 Å². The van der Waals surface area contributed by atoms with Gasteiger partial charge in [0, 0.05) is 17.7 Å². The normalized spacial score (nSPS) is 11.3. The van der Waals surface area contributed by atoms with Gasteiger partial charge in [-0.3, -0.25) is 4.79 Å². The van der Waals surface area contributed by atoms with Crippen LogP contribution in [0.2, 0.25) is 0 Å². The van der Waals surface area contributed by atoms with Gasteiger partial charge in [-0.2, -0.15) is 4.99 Å². The third-order valence-corrected chi connectivity index (χ3v) is 5.91. The van der Waals surface area contributed by atoms with Gasteiger partial charge in [-0.05, 0) is 23.3 Å². The molecule has 0 aliphatic rings. The van der Waals surface area contributed by atoms with Crippen molar-refractivity contribution in [2.24, 2.45) is 4.99 Å². The molecule has 154 valence electrons. The van der Waals surface area contributed by atoms with Crippen LogP contribution in [0.3, 0.4) is 0 Å². The molecule has 3 aromatic carbocycles. The van der Waals surface area contributed by atoms with Crippen molar-refractivity contribution in [2.75, 3.05) is 14.2 Å². The molecular weight excluding hydrogens is 408 g/mol. The van der Waals surface area contributed by atoms with Crippen LogP contribution in [-0.2, 0) is 6.54 Å². The first-order valence-electron chi connectivity index (χ1n) is 9.58. The van der Waals surface area contributed by atoms with E-state index < -0.39 is 0 Å². The second-order valence-electron chi connectivity index (χ2n) is 6.71. The van der Waals surface area contributed by atoms with Crippen molar-refractivity contribution in [3.63, 3.8) is 0 Å². The van der Waals surface area contributed by atoms with Gasteiger partial charge in [0.25, 0.3) is 5.91 Å². The van der Waals surface area contributed by atoms with Crippen LogP contribution in [0, 0.1) is 12.3 Å². The first kappa shape index (κ1) is 20.5. The Labute approximate surface area is 184 Å². The lowest BCUT2D eigenvalue weighted by molar-refractivity contribution is 0.0998. The summed E-state index contributed by atoms with van der Waals surface area (Å²) in [5.41, 5.74) is 3.49. The topological polar surface area (TPSA) is 52.8 Å². The van der Waals surface area contributed by atoms with Crippen LogP contribution in [0.4, 0.5) is 0 Å². The second-order valence-corrected chi connectivity index (χ2v) is 7.72. The minimum Gasteiger partial charge on any atom is -0.493 e. The molecule has 0 bridgehead atoms. The number of amides is 1. The van der Waals surface area contributed by atoms with Gasteiger partial charge >= 0.3 is 0 Å². The third-order valence-electron chi connectivity index (χ3n) is 4.87. The molecule has 0 N–H and O–H groups in total. The monoisotopic (exact) mass is 428 g/mol. The van der Waals surface area contributed by atoms with Crippen molar-refractivity contribution < 1.29 is 14.3 Å². The maximum absolute atomic E-state index is 12.9. The summed E-state index contributed by atoms with van der Waals surface area (Å²) in [5.74, 6) is 3.51. The molecule has 1 aromatic heterocycles. The Balaban J connectivity index is 1.75. The molecule has 0 saturated carbocycles. The second kappa shape index (κ2) is 8.90. The van der Waals surface area contributed by atoms with E-state index in [9.17, 15) is 4.79 Å². The number of methoxy groups -OCH3 is 2. The van der Waals surface area contributed by atoms with E-state index in [1.807, 2.05) is 59.2 Å². The Morgan fingerprint density at radius 1 is 1.00 bits per heavy atom. The first-order chi connectivity index (χ1) is 15.1. The number of thiazole rings is 1. The van der Waals surface area contributed by atoms with E-state index in [1.54, 1.807) is 26.4 Å². The van der Waals surface area contributed by atoms with Crippen molar-refractivity contribution in [1.29, 1.82) is 0 Å². The number of terminal acetylenes is 1. The van der Waals surface area contributed by atoms with Crippen LogP contribution in [-0.4, -0.2) is 24.7 Å². The molecule has 0 radical (unpaired) electrons. The van der Waals surface area contributed by atoms with E-state index in [2.05, 4.69) is 10.9 Å². The summed E-state index contributed by atoms with van der Waals surface area (Å²) in [7, 11) is 3.16. The van der Waals surface area contributed by atoms with E-state index >= 15 is 0 Å². The molecule has 0 saturated heterocycles. The van der Waals surface area contributed by atoms with E-state index in [-0.39, 0.29) is 12.5 Å². The molecule has 4 rings (SSSR count). The summed E-state index contributed by atoms with van der Waals surface area (Å²) in [6, 6.07) is 21.2. The molecule has 0 unspecified atom stereocenters. The van der Waals surface area contributed by atoms with E-state index in [0.29, 0.717) is 21.9 Å². The number of carbonyl (C=O) groups excluding carboxylic acids is 1. The summed E-state index contributed by atoms with van der Waals surface area (Å²) in [6.07, 6.45) is 5.57. The zero-order valence-electron chi connectivity index (χ0n) is 17.2. The number of hydrogen-bond acceptors (Lipinski definition) is 4. The molecule has 1 heterocycles. The highest BCUT2D eigenvalue weighted by Crippen LogP contribution is 2.33. The van der Waals surface area contributed by atoms with E-state index in [4.69, 9.17) is 15.9 Å². The smallest absolute Gasteiger partial charge is 0.279 e. The molecule has 0 atom stereocenters. The zero-order chi connectivity index (χ0) is 21.8. The molecular formula is C25H20N2O3S. The summed E-state index contributed by atoms with van der Waals surface area (Å²) >= 11 is 1.38. The van der Waals surface area contributed by atoms with Crippen LogP contribution in [0.15, 0.2) is 71.7 Å². The number of nitrogens with zero attached hydrogens (tertiary/aromatic N) is 2. The number of rotatable bonds is 5. The number of fused-ring (bicyclic) bond motifs is 1. The van der Waals surface area contributed by atoms with Crippen LogP contribution >= 0.6 is 11.3 Å². The Morgan fingerprint density at radius 3 is 2.29 bits per heavy atom. The van der Waals surface area contributed by atoms with Gasteiger partial charge < -0.3 is 14.0 Å². The quantitative estimate of drug-likeness (QED) is 0.431. The van der Waals surface area contributed by atoms with Crippen molar-refractivity contribution in [3.8, 4) is 35.0 Å². The van der Waals surface area contributed by atoms with Crippen molar-refractivity contribution in [1.82, 2.24) is 4.57 Å². The van der Waals surface area contributed by atoms with Gasteiger partial charge in [0.05, 0.1) is 31.0 Å². The van der Waals surface area contributed by atoms with Crippen molar-refractivity contribution >= 4 is 27.5 Å². The fourth-order valence-electron chi connectivity index (χ4n) is 3.31. The molecule has 0 spiro atoms. The van der Waals surface area contributed by atoms with Gasteiger partial charge in [-0.15, -0.1) is 6.42 Å². The zero-order valence-corrected chi connectivity index (χ0v) is 18.0. The Morgan fingerprint density at radius 2 is 1.65 bits per heavy atom. The largest absolute Gasteiger partial charge is 0.493 e. The minimum atomic E-state index is -0.323. The van der Waals surface area contributed by atoms with Crippen molar-refractivity contribution in [2.45, 2.75) is 6.54 Å². The highest BCUT2D eigenvalue weighted by Gasteiger charge is 2.13. The number of hydrogen-bond donors (Lipinski definition) is 0. The van der Waals surface area contributed by atoms with Crippen LogP contribution in [0.5, 0.6) is 11.5 Å². The van der Waals surface area contributed by atoms with Crippen molar-refractivity contribution in [3.05, 3.63) is 77.1 Å². The molecule has 0 aliphatic carbocycles. The van der Waals surface area contributed by atoms with E-state index in [0.717, 1.165) is 21.3 Å². The Kier molecular flexibility index (Phi) is 5.87. The lowest BCUT2D eigenvalue weighted by Gasteiger charge is -2.08. The maximum Gasteiger partial charge on any atom is 0.279 e. The summed E-state index contributed by atoms with van der Waals surface area (Å²) < 4.78 is 13.5. The predicted octanol–water partition coefficient (Wildman–Crippen LogP) is 4.76. The summed E-state index contributed by atoms with van der Waals surface area (Å²) in [6.45, 7) is 0.286. The lowest BCUT2D eigenvalue weighted by Crippen LogP contribution is -2.16. The molecule has 0 fully saturated rings. The van der Waals surface area contributed by atoms with Crippen LogP contribution < -0.4 is 14.3 Å². The molecule has 0 aliphatic heterocycles. The number of aromatic nitrogens is 1. The fraction of sp³-hybridized carbons (Fsp3) is 0.120. The average Bonchev–Trinajstić information content (AvgIpc) is 3.14. The highest BCUT2D eigenvalue weighted by atomic mass is 32.1. The number of benzene rings is 3. The van der Waals surface area contributed by atoms with Gasteiger partial charge in [-0.1, -0.05) is 59.7 Å². The molecule has 4 aromatic rings. The lowest BCUT2D eigenvalue weighted by atomic mass is 10.0. The number of carbonyl (C=O) groups is 1. The van der Waals surface area contributed by atoms with E-state index in [1.165, 1.54) is 11.3 Å². The maximum atomic E-state index is 12.9.